The number of hydrogen-bond acceptors (Lipinski definition) is 8. The molecule has 3 heterocycles. The fraction of sp³-hybridized carbons (Fsp3) is 0.147. The van der Waals surface area contributed by atoms with E-state index in [1.54, 1.807) is 24.3 Å². The number of nitro benzene ring substituents is 2. The van der Waals surface area contributed by atoms with Crippen LogP contribution in [0.15, 0.2) is 103 Å². The summed E-state index contributed by atoms with van der Waals surface area (Å²) >= 11 is 0. The number of ketones is 2. The third kappa shape index (κ3) is 3.93. The highest BCUT2D eigenvalue weighted by molar-refractivity contribution is 6.18. The average Bonchev–Trinajstić information content (AvgIpc) is 3.52. The Hall–Kier alpha value is -5.97. The number of anilines is 2. The Morgan fingerprint density at radius 1 is 0.800 bits per heavy atom. The van der Waals surface area contributed by atoms with E-state index in [0.717, 1.165) is 17.2 Å². The first-order chi connectivity index (χ1) is 21.6. The van der Waals surface area contributed by atoms with Crippen LogP contribution >= 0.6 is 0 Å². The van der Waals surface area contributed by atoms with Crippen molar-refractivity contribution >= 4 is 45.8 Å². The number of carbonyl (C=O) groups excluding carboxylic acids is 3. The molecular weight excluding hydrogens is 576 g/mol. The lowest BCUT2D eigenvalue weighted by Gasteiger charge is -2.39. The standard InChI is InChI=1S/C34H24N4O7/c1-19-17-28-34(25-10-3-4-11-26(25)35-33(34)41)29(31(39)21-7-6-8-23(18-21)38(44)45)30(36(28)27-12-5-2-9-24(19)27)32(40)20-13-15-22(16-14-20)37(42)43/h2-18,28-30H,1H3,(H,35,41)/t28-,29+,30+,34-/m1/s1. The van der Waals surface area contributed by atoms with Crippen LogP contribution in [-0.4, -0.2) is 39.4 Å². The Bertz CT molecular complexity index is 2000. The first-order valence-corrected chi connectivity index (χ1v) is 14.2. The van der Waals surface area contributed by atoms with E-state index in [4.69, 9.17) is 0 Å². The summed E-state index contributed by atoms with van der Waals surface area (Å²) in [6.07, 6.45) is 1.90. The lowest BCUT2D eigenvalue weighted by atomic mass is 9.64. The van der Waals surface area contributed by atoms with Crippen LogP contribution in [0.5, 0.6) is 0 Å². The van der Waals surface area contributed by atoms with E-state index >= 15 is 0 Å². The molecule has 45 heavy (non-hydrogen) atoms. The van der Waals surface area contributed by atoms with Crippen molar-refractivity contribution in [3.8, 4) is 0 Å². The van der Waals surface area contributed by atoms with Crippen molar-refractivity contribution in [1.82, 2.24) is 0 Å². The van der Waals surface area contributed by atoms with E-state index in [9.17, 15) is 34.6 Å². The van der Waals surface area contributed by atoms with Crippen LogP contribution in [-0.2, 0) is 10.2 Å². The minimum Gasteiger partial charge on any atom is -0.352 e. The second kappa shape index (κ2) is 10.1. The zero-order valence-electron chi connectivity index (χ0n) is 23.7. The number of benzene rings is 4. The lowest BCUT2D eigenvalue weighted by molar-refractivity contribution is -0.385. The summed E-state index contributed by atoms with van der Waals surface area (Å²) in [5, 5.41) is 26.0. The van der Waals surface area contributed by atoms with Gasteiger partial charge in [0, 0.05) is 52.3 Å². The van der Waals surface area contributed by atoms with Crippen molar-refractivity contribution in [3.63, 3.8) is 0 Å². The molecule has 0 saturated carbocycles. The summed E-state index contributed by atoms with van der Waals surface area (Å²) in [6, 6.07) is 22.8. The number of rotatable bonds is 6. The molecule has 3 aliphatic heterocycles. The normalized spacial score (nSPS) is 22.6. The fourth-order valence-corrected chi connectivity index (χ4v) is 7.26. The maximum Gasteiger partial charge on any atom is 0.270 e. The van der Waals surface area contributed by atoms with E-state index in [-0.39, 0.29) is 22.5 Å². The van der Waals surface area contributed by atoms with Gasteiger partial charge in [-0.15, -0.1) is 0 Å². The van der Waals surface area contributed by atoms with E-state index < -0.39 is 50.7 Å². The van der Waals surface area contributed by atoms with Crippen molar-refractivity contribution in [3.05, 3.63) is 146 Å². The van der Waals surface area contributed by atoms with Crippen molar-refractivity contribution < 1.29 is 24.2 Å². The number of fused-ring (bicyclic) bond motifs is 6. The van der Waals surface area contributed by atoms with Gasteiger partial charge in [0.25, 0.3) is 11.4 Å². The third-order valence-corrected chi connectivity index (χ3v) is 9.14. The molecule has 1 saturated heterocycles. The highest BCUT2D eigenvalue weighted by Gasteiger charge is 2.70. The Balaban J connectivity index is 1.53. The highest BCUT2D eigenvalue weighted by Crippen LogP contribution is 2.58. The molecule has 1 amide bonds. The smallest absolute Gasteiger partial charge is 0.270 e. The number of nitrogens with one attached hydrogen (secondary N) is 1. The molecule has 4 aromatic carbocycles. The molecule has 4 atom stereocenters. The molecule has 0 unspecified atom stereocenters. The van der Waals surface area contributed by atoms with Gasteiger partial charge in [-0.2, -0.15) is 0 Å². The summed E-state index contributed by atoms with van der Waals surface area (Å²) in [7, 11) is 0. The van der Waals surface area contributed by atoms with Crippen molar-refractivity contribution in [2.24, 2.45) is 5.92 Å². The molecule has 1 fully saturated rings. The summed E-state index contributed by atoms with van der Waals surface area (Å²) in [5.74, 6) is -2.93. The molecule has 0 aliphatic carbocycles. The van der Waals surface area contributed by atoms with Crippen LogP contribution in [0.2, 0.25) is 0 Å². The summed E-state index contributed by atoms with van der Waals surface area (Å²) in [5.41, 5.74) is 1.36. The van der Waals surface area contributed by atoms with Crippen molar-refractivity contribution in [2.45, 2.75) is 24.4 Å². The fourth-order valence-electron chi connectivity index (χ4n) is 7.26. The second-order valence-corrected chi connectivity index (χ2v) is 11.4. The number of para-hydroxylation sites is 2. The van der Waals surface area contributed by atoms with E-state index in [2.05, 4.69) is 5.32 Å². The van der Waals surface area contributed by atoms with Gasteiger partial charge in [-0.05, 0) is 42.3 Å². The van der Waals surface area contributed by atoms with Gasteiger partial charge in [-0.1, -0.05) is 54.6 Å². The number of carbonyl (C=O) groups is 3. The number of amides is 1. The maximum absolute atomic E-state index is 14.9. The predicted molar refractivity (Wildman–Crippen MR) is 165 cm³/mol. The minimum absolute atomic E-state index is 0.0129. The monoisotopic (exact) mass is 600 g/mol. The minimum atomic E-state index is -1.60. The van der Waals surface area contributed by atoms with Gasteiger partial charge < -0.3 is 10.2 Å². The van der Waals surface area contributed by atoms with Gasteiger partial charge >= 0.3 is 0 Å². The molecule has 11 nitrogen and oxygen atoms in total. The zero-order valence-corrected chi connectivity index (χ0v) is 23.7. The van der Waals surface area contributed by atoms with Crippen LogP contribution in [0.3, 0.4) is 0 Å². The molecule has 0 radical (unpaired) electrons. The van der Waals surface area contributed by atoms with Gasteiger partial charge in [-0.25, -0.2) is 0 Å². The second-order valence-electron chi connectivity index (χ2n) is 11.4. The van der Waals surface area contributed by atoms with Crippen molar-refractivity contribution in [2.75, 3.05) is 10.2 Å². The maximum atomic E-state index is 14.9. The molecule has 4 aromatic rings. The topological polar surface area (TPSA) is 153 Å². The quantitative estimate of drug-likeness (QED) is 0.167. The summed E-state index contributed by atoms with van der Waals surface area (Å²) in [4.78, 5) is 67.7. The number of non-ortho nitro benzene ring substituents is 2. The Labute approximate surface area is 256 Å². The highest BCUT2D eigenvalue weighted by atomic mass is 16.6. The molecule has 1 N–H and O–H groups in total. The first-order valence-electron chi connectivity index (χ1n) is 14.2. The molecule has 3 aliphatic rings. The molecule has 222 valence electrons. The van der Waals surface area contributed by atoms with Crippen molar-refractivity contribution in [1.29, 1.82) is 0 Å². The Morgan fingerprint density at radius 3 is 2.22 bits per heavy atom. The number of nitro groups is 2. The van der Waals surface area contributed by atoms with Crippen LogP contribution in [0.4, 0.5) is 22.7 Å². The molecule has 0 aromatic heterocycles. The van der Waals surface area contributed by atoms with Crippen LogP contribution in [0, 0.1) is 26.1 Å². The summed E-state index contributed by atoms with van der Waals surface area (Å²) < 4.78 is 0. The first kappa shape index (κ1) is 27.8. The zero-order chi connectivity index (χ0) is 31.6. The summed E-state index contributed by atoms with van der Waals surface area (Å²) in [6.45, 7) is 1.91. The average molecular weight is 601 g/mol. The van der Waals surface area contributed by atoms with E-state index in [1.165, 1.54) is 42.5 Å². The number of nitrogens with zero attached hydrogens (tertiary/aromatic N) is 3. The van der Waals surface area contributed by atoms with Gasteiger partial charge in [0.15, 0.2) is 11.6 Å². The largest absolute Gasteiger partial charge is 0.352 e. The van der Waals surface area contributed by atoms with E-state index in [1.807, 2.05) is 42.2 Å². The molecule has 1 spiro atoms. The Kier molecular flexibility index (Phi) is 6.22. The number of hydrogen-bond donors (Lipinski definition) is 1. The molecular formula is C34H24N4O7. The third-order valence-electron chi connectivity index (χ3n) is 9.14. The van der Waals surface area contributed by atoms with Gasteiger partial charge in [0.05, 0.1) is 21.8 Å². The SMILES string of the molecule is CC1=C[C@H]2N(c3ccccc31)[C@H](C(=O)c1ccc([N+](=O)[O-])cc1)[C@@H](C(=O)c1cccc([N+](=O)[O-])c1)[C@]21C(=O)Nc2ccccc21. The number of Topliss-reactive ketones (excluding diaryl/α,β-unsaturated/α-hetero) is 2. The van der Waals surface area contributed by atoms with Crippen LogP contribution in [0.1, 0.15) is 38.8 Å². The molecule has 0 bridgehead atoms. The van der Waals surface area contributed by atoms with Gasteiger partial charge in [0.1, 0.15) is 11.5 Å². The predicted octanol–water partition coefficient (Wildman–Crippen LogP) is 5.75. The van der Waals surface area contributed by atoms with Crippen LogP contribution < -0.4 is 10.2 Å². The Morgan fingerprint density at radius 2 is 1.49 bits per heavy atom. The van der Waals surface area contributed by atoms with Gasteiger partial charge in [0.2, 0.25) is 5.91 Å². The van der Waals surface area contributed by atoms with Crippen LogP contribution in [0.25, 0.3) is 5.57 Å². The number of allylic oxidation sites excluding steroid dienone is 1. The van der Waals surface area contributed by atoms with Gasteiger partial charge in [-0.3, -0.25) is 34.6 Å². The lowest BCUT2D eigenvalue weighted by Crippen LogP contribution is -2.51. The molecule has 7 rings (SSSR count). The van der Waals surface area contributed by atoms with E-state index in [0.29, 0.717) is 16.9 Å². The molecule has 11 heteroatoms.